The van der Waals surface area contributed by atoms with Crippen molar-refractivity contribution in [3.63, 3.8) is 0 Å². The lowest BCUT2D eigenvalue weighted by molar-refractivity contribution is -0.161. The van der Waals surface area contributed by atoms with Crippen LogP contribution < -0.4 is 5.32 Å². The van der Waals surface area contributed by atoms with Crippen LogP contribution in [-0.4, -0.2) is 188 Å². The van der Waals surface area contributed by atoms with Gasteiger partial charge >= 0.3 is 83.6 Å². The molecule has 1 aliphatic rings. The van der Waals surface area contributed by atoms with Gasteiger partial charge in [-0.25, -0.2) is 0 Å². The minimum atomic E-state index is -0.520. The Morgan fingerprint density at radius 1 is 0.233 bits per heavy atom. The van der Waals surface area contributed by atoms with Gasteiger partial charge < -0.3 is 71.6 Å². The van der Waals surface area contributed by atoms with Crippen molar-refractivity contribution in [3.8, 4) is 0 Å². The van der Waals surface area contributed by atoms with Crippen LogP contribution in [0.5, 0.6) is 0 Å². The number of amides is 1. The van der Waals surface area contributed by atoms with Gasteiger partial charge in [0.2, 0.25) is 5.91 Å². The summed E-state index contributed by atoms with van der Waals surface area (Å²) in [6.45, 7) is 51.3. The quantitative estimate of drug-likeness (QED) is 0.0336. The van der Waals surface area contributed by atoms with Crippen LogP contribution in [0.2, 0.25) is 0 Å². The second-order valence-corrected chi connectivity index (χ2v) is 40.8. The molecule has 0 aliphatic heterocycles. The fourth-order valence-electron chi connectivity index (χ4n) is 14.2. The molecule has 0 heterocycles. The average molecular weight is 2150 g/mol. The highest BCUT2D eigenvalue weighted by Gasteiger charge is 2.28. The SMILES string of the molecule is CC(C)(C)C(=O)OCCOC(=O)C(C)(C)C.CCCC(=O)OCCOC(=O)CCC.CCCCC(CC)C(=O)OCCOC(=O)C(CC)CCCC.CCCCC(CC)CC(=O)NC1CCCCC1.CCCCCCCCCCCCC(CC(=O)OCCCC)C(=O)OCCCC.CCCCCCCCOC(=O)CCC(=O)OCCCCCCCC.CCCCOC(=O)CCC(=O)OCCCC.CCOC(=O)CC(C)C(=O)OCC. The Balaban J connectivity index is -0.000000315. The van der Waals surface area contributed by atoms with Gasteiger partial charge in [0.25, 0.3) is 0 Å². The highest BCUT2D eigenvalue weighted by molar-refractivity contribution is 5.82. The number of esters is 14. The van der Waals surface area contributed by atoms with Crippen LogP contribution in [0.3, 0.4) is 0 Å². The maximum absolute atomic E-state index is 12.3. The highest BCUT2D eigenvalue weighted by atomic mass is 16.6. The van der Waals surface area contributed by atoms with Gasteiger partial charge in [-0.2, -0.15) is 0 Å². The lowest BCUT2D eigenvalue weighted by Crippen LogP contribution is -2.37. The molecular formula is C120H225NO29. The molecule has 1 aliphatic carbocycles. The van der Waals surface area contributed by atoms with E-state index in [9.17, 15) is 71.9 Å². The van der Waals surface area contributed by atoms with Crippen molar-refractivity contribution in [2.45, 2.75) is 551 Å². The van der Waals surface area contributed by atoms with Gasteiger partial charge in [0.05, 0.1) is 126 Å². The van der Waals surface area contributed by atoms with Crippen molar-refractivity contribution in [3.05, 3.63) is 0 Å². The predicted molar refractivity (Wildman–Crippen MR) is 596 cm³/mol. The first kappa shape index (κ1) is 155. The molecule has 0 aromatic heterocycles. The van der Waals surface area contributed by atoms with Crippen LogP contribution in [0.15, 0.2) is 0 Å². The molecule has 0 spiro atoms. The first-order valence-electron chi connectivity index (χ1n) is 59.3. The van der Waals surface area contributed by atoms with Crippen molar-refractivity contribution in [2.24, 2.45) is 40.4 Å². The topological polar surface area (TPSA) is 397 Å². The van der Waals surface area contributed by atoms with E-state index in [0.29, 0.717) is 83.6 Å². The number of hydrogen-bond donors (Lipinski definition) is 1. The minimum absolute atomic E-state index is 0.0244. The van der Waals surface area contributed by atoms with E-state index in [1.165, 1.54) is 154 Å². The molecule has 0 saturated heterocycles. The van der Waals surface area contributed by atoms with E-state index in [-0.39, 0.29) is 179 Å². The third kappa shape index (κ3) is 113. The van der Waals surface area contributed by atoms with Gasteiger partial charge in [-0.05, 0) is 164 Å². The van der Waals surface area contributed by atoms with Crippen molar-refractivity contribution >= 4 is 89.5 Å². The van der Waals surface area contributed by atoms with Crippen molar-refractivity contribution in [1.82, 2.24) is 5.32 Å². The normalized spacial score (nSPS) is 12.3. The zero-order chi connectivity index (χ0) is 114. The fourth-order valence-corrected chi connectivity index (χ4v) is 14.2. The molecule has 0 aromatic rings. The summed E-state index contributed by atoms with van der Waals surface area (Å²) in [7, 11) is 0. The summed E-state index contributed by atoms with van der Waals surface area (Å²) in [6.07, 6.45) is 57.4. The van der Waals surface area contributed by atoms with Crippen molar-refractivity contribution in [1.29, 1.82) is 0 Å². The molecule has 150 heavy (non-hydrogen) atoms. The van der Waals surface area contributed by atoms with Gasteiger partial charge in [0.15, 0.2) is 0 Å². The largest absolute Gasteiger partial charge is 0.466 e. The minimum Gasteiger partial charge on any atom is -0.466 e. The molecule has 1 amide bonds. The van der Waals surface area contributed by atoms with E-state index in [4.69, 9.17) is 66.3 Å². The third-order valence-corrected chi connectivity index (χ3v) is 24.0. The number of rotatable bonds is 81. The van der Waals surface area contributed by atoms with Crippen LogP contribution >= 0.6 is 0 Å². The summed E-state index contributed by atoms with van der Waals surface area (Å²) in [4.78, 5) is 172. The lowest BCUT2D eigenvalue weighted by Gasteiger charge is -2.24. The molecule has 1 fully saturated rings. The third-order valence-electron chi connectivity index (χ3n) is 24.0. The Morgan fingerprint density at radius 2 is 0.507 bits per heavy atom. The molecule has 1 rings (SSSR count). The van der Waals surface area contributed by atoms with Gasteiger partial charge in [0, 0.05) is 25.3 Å². The summed E-state index contributed by atoms with van der Waals surface area (Å²) in [5, 5.41) is 3.22. The number of nitrogens with one attached hydrogen (secondary N) is 1. The molecule has 30 heteroatoms. The second kappa shape index (κ2) is 115. The van der Waals surface area contributed by atoms with Crippen LogP contribution in [0.1, 0.15) is 545 Å². The van der Waals surface area contributed by atoms with Gasteiger partial charge in [-0.1, -0.05) is 329 Å². The zero-order valence-electron chi connectivity index (χ0n) is 99.9. The summed E-state index contributed by atoms with van der Waals surface area (Å²) in [6, 6.07) is 0.472. The molecule has 884 valence electrons. The highest BCUT2D eigenvalue weighted by Crippen LogP contribution is 2.25. The first-order chi connectivity index (χ1) is 71.8. The number of carbonyl (C=O) groups is 15. The number of carbonyl (C=O) groups excluding carboxylic acids is 15. The predicted octanol–water partition coefficient (Wildman–Crippen LogP) is 28.5. The lowest BCUT2D eigenvalue weighted by atomic mass is 9.93. The zero-order valence-corrected chi connectivity index (χ0v) is 99.9. The monoisotopic (exact) mass is 2140 g/mol. The Kier molecular flexibility index (Phi) is 119. The summed E-state index contributed by atoms with van der Waals surface area (Å²) in [5.74, 6) is -3.73. The Morgan fingerprint density at radius 3 is 0.840 bits per heavy atom. The van der Waals surface area contributed by atoms with Crippen LogP contribution in [0.4, 0.5) is 0 Å². The molecule has 1 N–H and O–H groups in total. The number of ether oxygens (including phenoxy) is 14. The van der Waals surface area contributed by atoms with Crippen molar-refractivity contribution < 1.29 is 138 Å². The van der Waals surface area contributed by atoms with E-state index in [1.54, 1.807) is 62.3 Å². The van der Waals surface area contributed by atoms with E-state index >= 15 is 0 Å². The van der Waals surface area contributed by atoms with Crippen LogP contribution in [-0.2, 0) is 138 Å². The van der Waals surface area contributed by atoms with Crippen molar-refractivity contribution in [2.75, 3.05) is 92.5 Å². The molecule has 1 saturated carbocycles. The number of unbranched alkanes of at least 4 members (excludes halogenated alkanes) is 26. The summed E-state index contributed by atoms with van der Waals surface area (Å²) >= 11 is 0. The molecular weight excluding hydrogens is 1920 g/mol. The van der Waals surface area contributed by atoms with Gasteiger partial charge in [-0.15, -0.1) is 0 Å². The molecule has 30 nitrogen and oxygen atoms in total. The van der Waals surface area contributed by atoms with Gasteiger partial charge in [-0.3, -0.25) is 71.9 Å². The molecule has 0 bridgehead atoms. The molecule has 5 unspecified atom stereocenters. The molecule has 5 atom stereocenters. The number of hydrogen-bond acceptors (Lipinski definition) is 29. The van der Waals surface area contributed by atoms with E-state index in [2.05, 4.69) is 67.6 Å². The molecule has 0 aromatic carbocycles. The summed E-state index contributed by atoms with van der Waals surface area (Å²) in [5.41, 5.74) is -1.04. The van der Waals surface area contributed by atoms with E-state index in [0.717, 1.165) is 173 Å². The average Bonchev–Trinajstić information content (AvgIpc) is 0.909. The Labute approximate surface area is 912 Å². The first-order valence-corrected chi connectivity index (χ1v) is 59.3. The summed E-state index contributed by atoms with van der Waals surface area (Å²) < 4.78 is 70.1. The standard InChI is InChI=1S/C24H46O4.C20H38O4.C18H34O4.C15H29NO.2C12H22O4.C10H18O4.C9H16O4/c1-4-7-10-11-12-13-14-15-16-17-18-22(24(26)28-20-9-6-3)21-23(25)27-19-8-5-2;1-3-5-7-9-11-13-17-23-19(21)15-16-20(22)24-18-14-12-10-8-6-4-2;1-5-9-11-15(7-3)17(19)21-13-14-22-18(20)16(8-4)12-10-6-2;1-3-5-9-13(4-2)12-15(17)16-14-10-7-6-8-11-14;1-11(2,3)9(13)15-7-8-16-10(14)12(4,5)6;1-3-5-9-15-11(13)7-8-12(14)16-10-6-4-2;1-3-5-9(11)13-7-8-14-10(12)6-4-2;1-4-12-8(10)6-7(3)9(11)13-5-2/h22H,4-21H2,1-3H3;3-18H2,1-2H3;15-16H,5-14H2,1-4H3;13-14H,3-12H2,1-2H3,(H,16,17);7-8H2,1-6H3;3-10H2,1-2H3;3-8H2,1-2H3;7H,4-6H2,1-3H3. The van der Waals surface area contributed by atoms with Gasteiger partial charge in [0.1, 0.15) is 39.6 Å². The van der Waals surface area contributed by atoms with Crippen LogP contribution in [0.25, 0.3) is 0 Å². The smallest absolute Gasteiger partial charge is 0.311 e. The molecule has 0 radical (unpaired) electrons. The Bertz CT molecular complexity index is 3100. The van der Waals surface area contributed by atoms with E-state index < -0.39 is 16.7 Å². The fraction of sp³-hybridized carbons (Fsp3) is 0.875. The maximum Gasteiger partial charge on any atom is 0.311 e. The van der Waals surface area contributed by atoms with E-state index in [1.807, 2.05) is 41.5 Å². The van der Waals surface area contributed by atoms with Crippen LogP contribution in [0, 0.1) is 40.4 Å². The maximum atomic E-state index is 12.3. The second-order valence-electron chi connectivity index (χ2n) is 40.8. The Hall–Kier alpha value is -7.95.